The Labute approximate surface area is 228 Å². The first-order valence-corrected chi connectivity index (χ1v) is 13.3. The van der Waals surface area contributed by atoms with Gasteiger partial charge in [0.15, 0.2) is 0 Å². The molecular formula is C29H25N3O8. The number of esters is 1. The minimum atomic E-state index is -0.789. The van der Waals surface area contributed by atoms with E-state index in [1.165, 1.54) is 41.2 Å². The summed E-state index contributed by atoms with van der Waals surface area (Å²) in [5.74, 6) is -1.29. The molecule has 2 bridgehead atoms. The molecule has 2 aromatic carbocycles. The summed E-state index contributed by atoms with van der Waals surface area (Å²) in [6.07, 6.45) is 5.21. The second-order valence-corrected chi connectivity index (χ2v) is 11.1. The number of anilines is 2. The van der Waals surface area contributed by atoms with Gasteiger partial charge in [0.2, 0.25) is 17.7 Å². The van der Waals surface area contributed by atoms with Crippen molar-refractivity contribution in [3.05, 3.63) is 64.7 Å². The number of carbonyl (C=O) groups excluding carboxylic acids is 4. The predicted molar refractivity (Wildman–Crippen MR) is 139 cm³/mol. The van der Waals surface area contributed by atoms with E-state index < -0.39 is 16.8 Å². The molecule has 4 aliphatic carbocycles. The lowest BCUT2D eigenvalue weighted by Crippen LogP contribution is -2.40. The largest absolute Gasteiger partial charge is 0.494 e. The maximum Gasteiger partial charge on any atom is 0.316 e. The van der Waals surface area contributed by atoms with E-state index >= 15 is 0 Å². The molecule has 40 heavy (non-hydrogen) atoms. The maximum atomic E-state index is 13.4. The van der Waals surface area contributed by atoms with E-state index in [4.69, 9.17) is 9.47 Å². The lowest BCUT2D eigenvalue weighted by molar-refractivity contribution is -0.384. The van der Waals surface area contributed by atoms with Crippen molar-refractivity contribution in [2.45, 2.75) is 12.8 Å². The third-order valence-electron chi connectivity index (χ3n) is 9.08. The van der Waals surface area contributed by atoms with Crippen molar-refractivity contribution in [3.8, 4) is 11.5 Å². The zero-order valence-corrected chi connectivity index (χ0v) is 21.5. The molecule has 0 aromatic heterocycles. The number of nitrogens with zero attached hydrogens (tertiary/aromatic N) is 3. The van der Waals surface area contributed by atoms with Gasteiger partial charge < -0.3 is 14.4 Å². The third-order valence-corrected chi connectivity index (χ3v) is 9.08. The monoisotopic (exact) mass is 543 g/mol. The summed E-state index contributed by atoms with van der Waals surface area (Å²) in [6.45, 7) is 0.0100. The molecular weight excluding hydrogens is 518 g/mol. The van der Waals surface area contributed by atoms with Crippen molar-refractivity contribution in [2.75, 3.05) is 23.5 Å². The number of nitro groups is 1. The Balaban J connectivity index is 1.07. The Morgan fingerprint density at radius 2 is 1.70 bits per heavy atom. The number of carbonyl (C=O) groups is 4. The number of hydrogen-bond donors (Lipinski definition) is 0. The van der Waals surface area contributed by atoms with Crippen LogP contribution in [0.1, 0.15) is 12.8 Å². The van der Waals surface area contributed by atoms with Gasteiger partial charge in [-0.05, 0) is 48.3 Å². The van der Waals surface area contributed by atoms with Crippen LogP contribution in [0.5, 0.6) is 11.5 Å². The van der Waals surface area contributed by atoms with E-state index in [0.29, 0.717) is 23.2 Å². The Hall–Kier alpha value is -4.54. The molecule has 2 aromatic rings. The van der Waals surface area contributed by atoms with E-state index in [2.05, 4.69) is 12.2 Å². The van der Waals surface area contributed by atoms with Gasteiger partial charge in [0.1, 0.15) is 11.5 Å². The molecule has 4 fully saturated rings. The van der Waals surface area contributed by atoms with Crippen LogP contribution >= 0.6 is 0 Å². The van der Waals surface area contributed by atoms with Gasteiger partial charge in [0.05, 0.1) is 47.2 Å². The van der Waals surface area contributed by atoms with Crippen molar-refractivity contribution >= 4 is 40.8 Å². The van der Waals surface area contributed by atoms with Crippen LogP contribution in [-0.4, -0.2) is 42.3 Å². The molecule has 0 unspecified atom stereocenters. The fraction of sp³-hybridized carbons (Fsp3) is 0.379. The van der Waals surface area contributed by atoms with Gasteiger partial charge in [-0.1, -0.05) is 18.2 Å². The van der Waals surface area contributed by atoms with Crippen LogP contribution in [0.4, 0.5) is 17.1 Å². The summed E-state index contributed by atoms with van der Waals surface area (Å²) in [5.41, 5.74) is 0.504. The first kappa shape index (κ1) is 24.5. The summed E-state index contributed by atoms with van der Waals surface area (Å²) in [4.78, 5) is 65.8. The molecule has 8 rings (SSSR count). The Morgan fingerprint density at radius 3 is 2.35 bits per heavy atom. The van der Waals surface area contributed by atoms with Crippen LogP contribution in [-0.2, 0) is 19.2 Å². The van der Waals surface area contributed by atoms with Gasteiger partial charge in [-0.2, -0.15) is 0 Å². The highest BCUT2D eigenvalue weighted by molar-refractivity contribution is 6.22. The van der Waals surface area contributed by atoms with E-state index in [1.807, 2.05) is 0 Å². The third kappa shape index (κ3) is 3.56. The first-order chi connectivity index (χ1) is 19.3. The lowest BCUT2D eigenvalue weighted by atomic mass is 9.63. The second kappa shape index (κ2) is 8.73. The molecule has 2 aliphatic heterocycles. The summed E-state index contributed by atoms with van der Waals surface area (Å²) in [7, 11) is 1.34. The van der Waals surface area contributed by atoms with Crippen molar-refractivity contribution in [3.63, 3.8) is 0 Å². The number of nitro benzene ring substituents is 1. The predicted octanol–water partition coefficient (Wildman–Crippen LogP) is 3.12. The molecule has 11 nitrogen and oxygen atoms in total. The molecule has 6 aliphatic rings. The molecule has 2 saturated heterocycles. The number of allylic oxidation sites excluding steroid dienone is 2. The van der Waals surface area contributed by atoms with Crippen LogP contribution in [0.2, 0.25) is 0 Å². The van der Waals surface area contributed by atoms with Crippen molar-refractivity contribution in [1.29, 1.82) is 0 Å². The van der Waals surface area contributed by atoms with Crippen LogP contribution in [0.15, 0.2) is 54.6 Å². The van der Waals surface area contributed by atoms with Crippen molar-refractivity contribution < 1.29 is 33.6 Å². The highest BCUT2D eigenvalue weighted by Crippen LogP contribution is 2.65. The smallest absolute Gasteiger partial charge is 0.316 e. The van der Waals surface area contributed by atoms with Crippen LogP contribution in [0.25, 0.3) is 0 Å². The van der Waals surface area contributed by atoms with E-state index in [-0.39, 0.29) is 71.5 Å². The van der Waals surface area contributed by atoms with Gasteiger partial charge in [0, 0.05) is 25.1 Å². The Kier molecular flexibility index (Phi) is 5.35. The average Bonchev–Trinajstić information content (AvgIpc) is 3.63. The fourth-order valence-corrected chi connectivity index (χ4v) is 7.20. The maximum absolute atomic E-state index is 13.4. The minimum Gasteiger partial charge on any atom is -0.494 e. The fourth-order valence-electron chi connectivity index (χ4n) is 7.20. The highest BCUT2D eigenvalue weighted by atomic mass is 16.6. The summed E-state index contributed by atoms with van der Waals surface area (Å²) in [5, 5.41) is 11.1. The van der Waals surface area contributed by atoms with E-state index in [9.17, 15) is 29.3 Å². The highest BCUT2D eigenvalue weighted by Gasteiger charge is 2.67. The van der Waals surface area contributed by atoms with E-state index in [1.54, 1.807) is 18.2 Å². The molecule has 0 radical (unpaired) electrons. The van der Waals surface area contributed by atoms with Crippen LogP contribution < -0.4 is 19.3 Å². The molecule has 7 atom stereocenters. The normalized spacial score (nSPS) is 31.3. The van der Waals surface area contributed by atoms with Crippen molar-refractivity contribution in [2.24, 2.45) is 41.4 Å². The topological polar surface area (TPSA) is 136 Å². The molecule has 3 amide bonds. The van der Waals surface area contributed by atoms with Gasteiger partial charge in [-0.3, -0.25) is 29.3 Å². The number of ether oxygens (including phenoxy) is 2. The van der Waals surface area contributed by atoms with Gasteiger partial charge in [-0.15, -0.1) is 0 Å². The number of amides is 3. The van der Waals surface area contributed by atoms with Crippen LogP contribution in [0.3, 0.4) is 0 Å². The molecule has 0 N–H and O–H groups in total. The summed E-state index contributed by atoms with van der Waals surface area (Å²) in [6, 6.07) is 10.3. The minimum absolute atomic E-state index is 0.0100. The lowest BCUT2D eigenvalue weighted by Gasteiger charge is -2.37. The molecule has 2 saturated carbocycles. The zero-order valence-electron chi connectivity index (χ0n) is 21.5. The Morgan fingerprint density at radius 1 is 1.00 bits per heavy atom. The summed E-state index contributed by atoms with van der Waals surface area (Å²) >= 11 is 0. The average molecular weight is 544 g/mol. The van der Waals surface area contributed by atoms with E-state index in [0.717, 1.165) is 6.42 Å². The van der Waals surface area contributed by atoms with Gasteiger partial charge in [-0.25, -0.2) is 4.90 Å². The molecule has 11 heteroatoms. The van der Waals surface area contributed by atoms with Crippen LogP contribution in [0, 0.1) is 51.5 Å². The standard InChI is InChI=1S/C29H25N3O8/c1-39-23-11-16(32(37)38)5-8-22(23)30-13-14(9-24(30)33)29(36)40-17-4-2-3-15(10-17)31-27(34)25-18-6-7-19(21-12-20(18)21)26(25)28(31)35/h2-8,10-11,14,18-21,25-26H,9,12-13H2,1H3/t14-,18+,19+,20-,21+,25-,26-/m1/s1. The summed E-state index contributed by atoms with van der Waals surface area (Å²) < 4.78 is 10.9. The zero-order chi connectivity index (χ0) is 27.9. The number of methoxy groups -OCH3 is 1. The number of rotatable bonds is 6. The number of hydrogen-bond acceptors (Lipinski definition) is 8. The molecule has 0 spiro atoms. The number of non-ortho nitro benzene ring substituents is 1. The quantitative estimate of drug-likeness (QED) is 0.135. The first-order valence-electron chi connectivity index (χ1n) is 13.3. The number of benzene rings is 2. The van der Waals surface area contributed by atoms with Gasteiger partial charge in [0.25, 0.3) is 5.69 Å². The van der Waals surface area contributed by atoms with Crippen molar-refractivity contribution in [1.82, 2.24) is 0 Å². The second-order valence-electron chi connectivity index (χ2n) is 11.1. The molecule has 204 valence electrons. The molecule has 2 heterocycles. The SMILES string of the molecule is COc1cc([N+](=O)[O-])ccc1N1C[C@H](C(=O)Oc2cccc(N3C(=O)[C@@H]4[C@H]5C=C[C@@H]([C@@H]6C[C@H]56)[C@H]4C3=O)c2)CC1=O. The Bertz CT molecular complexity index is 1500. The number of imide groups is 1. The van der Waals surface area contributed by atoms with Gasteiger partial charge >= 0.3 is 5.97 Å².